The number of hydrogen-bond acceptors (Lipinski definition) is 1. The Morgan fingerprint density at radius 2 is 1.75 bits per heavy atom. The summed E-state index contributed by atoms with van der Waals surface area (Å²) in [5.74, 6) is 0. The molecular formula is CH4LaN2. The Morgan fingerprint density at radius 3 is 1.75 bits per heavy atom. The van der Waals surface area contributed by atoms with Crippen LogP contribution in [0.2, 0.25) is 0 Å². The Hall–Kier alpha value is 0.665. The molecular weight excluding hydrogens is 179 g/mol. The van der Waals surface area contributed by atoms with Gasteiger partial charge in [0, 0.05) is 35.6 Å². The predicted molar refractivity (Wildman–Crippen MR) is 13.0 cm³/mol. The molecule has 0 atom stereocenters. The number of nitrogens with two attached hydrogens (primary N) is 1. The summed E-state index contributed by atoms with van der Waals surface area (Å²) in [6.07, 6.45) is 0.750. The summed E-state index contributed by atoms with van der Waals surface area (Å²) in [5, 5.41) is 5.86. The maximum absolute atomic E-state index is 5.86. The summed E-state index contributed by atoms with van der Waals surface area (Å²) in [5.41, 5.74) is 4.39. The maximum Gasteiger partial charge on any atom is 0.0765 e. The van der Waals surface area contributed by atoms with Gasteiger partial charge in [0.2, 0.25) is 0 Å². The molecule has 21 valence electrons. The molecule has 3 heteroatoms. The fourth-order valence-corrected chi connectivity index (χ4v) is 0. The molecule has 0 bridgehead atoms. The van der Waals surface area contributed by atoms with Gasteiger partial charge >= 0.3 is 0 Å². The minimum atomic E-state index is 0. The summed E-state index contributed by atoms with van der Waals surface area (Å²) < 4.78 is 0. The minimum absolute atomic E-state index is 0. The largest absolute Gasteiger partial charge is 0.390 e. The summed E-state index contributed by atoms with van der Waals surface area (Å²) in [6.45, 7) is 0. The van der Waals surface area contributed by atoms with Crippen molar-refractivity contribution in [2.75, 3.05) is 0 Å². The van der Waals surface area contributed by atoms with Gasteiger partial charge in [-0.15, -0.1) is 0 Å². The normalized spacial score (nSPS) is 3.00. The molecule has 1 radical (unpaired) electrons. The molecule has 0 aliphatic carbocycles. The summed E-state index contributed by atoms with van der Waals surface area (Å²) >= 11 is 0. The molecule has 0 aromatic heterocycles. The van der Waals surface area contributed by atoms with Crippen LogP contribution in [0.5, 0.6) is 0 Å². The van der Waals surface area contributed by atoms with Crippen LogP contribution in [0.3, 0.4) is 0 Å². The molecule has 0 aromatic carbocycles. The van der Waals surface area contributed by atoms with Crippen molar-refractivity contribution in [1.82, 2.24) is 0 Å². The van der Waals surface area contributed by atoms with Gasteiger partial charge < -0.3 is 5.73 Å². The standard InChI is InChI=1S/CH4N2.La/c2-1-3;/h1H,(H3,2,3);. The molecule has 0 aliphatic rings. The first-order valence-corrected chi connectivity index (χ1v) is 0.622. The van der Waals surface area contributed by atoms with Crippen molar-refractivity contribution in [3.05, 3.63) is 0 Å². The van der Waals surface area contributed by atoms with Crippen molar-refractivity contribution in [2.45, 2.75) is 0 Å². The summed E-state index contributed by atoms with van der Waals surface area (Å²) in [6, 6.07) is 0. The fourth-order valence-electron chi connectivity index (χ4n) is 0. The molecule has 0 heterocycles. The van der Waals surface area contributed by atoms with Gasteiger partial charge in [0.25, 0.3) is 0 Å². The van der Waals surface area contributed by atoms with E-state index in [1.165, 1.54) is 0 Å². The first kappa shape index (κ1) is 8.82. The summed E-state index contributed by atoms with van der Waals surface area (Å²) in [7, 11) is 0. The van der Waals surface area contributed by atoms with Gasteiger partial charge in [-0.05, 0) is 0 Å². The van der Waals surface area contributed by atoms with E-state index in [0.29, 0.717) is 0 Å². The van der Waals surface area contributed by atoms with Crippen LogP contribution in [0.15, 0.2) is 0 Å². The van der Waals surface area contributed by atoms with E-state index in [9.17, 15) is 0 Å². The Labute approximate surface area is 52.9 Å². The number of rotatable bonds is 0. The second-order valence-corrected chi connectivity index (χ2v) is 0.167. The van der Waals surface area contributed by atoms with Gasteiger partial charge in [-0.1, -0.05) is 0 Å². The van der Waals surface area contributed by atoms with E-state index >= 15 is 0 Å². The van der Waals surface area contributed by atoms with Gasteiger partial charge in [0.1, 0.15) is 0 Å². The Kier molecular flexibility index (Phi) is 20.7. The molecule has 4 heavy (non-hydrogen) atoms. The zero-order valence-electron chi connectivity index (χ0n) is 2.23. The Bertz CT molecular complexity index is 13.5. The van der Waals surface area contributed by atoms with Crippen molar-refractivity contribution in [3.8, 4) is 0 Å². The van der Waals surface area contributed by atoms with Crippen molar-refractivity contribution >= 4 is 6.34 Å². The predicted octanol–water partition coefficient (Wildman–Crippen LogP) is -0.448. The van der Waals surface area contributed by atoms with E-state index < -0.39 is 0 Å². The molecule has 0 saturated carbocycles. The van der Waals surface area contributed by atoms with Crippen LogP contribution in [0, 0.1) is 41.0 Å². The molecule has 0 aliphatic heterocycles. The molecule has 0 fully saturated rings. The third-order valence-electron chi connectivity index (χ3n) is 0. The molecule has 0 saturated heterocycles. The molecule has 3 N–H and O–H groups in total. The van der Waals surface area contributed by atoms with Gasteiger partial charge in [0.15, 0.2) is 0 Å². The SMILES string of the molecule is N=CN.[La]. The van der Waals surface area contributed by atoms with Crippen molar-refractivity contribution < 1.29 is 35.6 Å². The van der Waals surface area contributed by atoms with Crippen LogP contribution < -0.4 is 5.73 Å². The van der Waals surface area contributed by atoms with Crippen LogP contribution >= 0.6 is 0 Å². The average Bonchev–Trinajstić information content (AvgIpc) is 0.918. The number of nitrogens with one attached hydrogen (secondary N) is 1. The Morgan fingerprint density at radius 1 is 1.75 bits per heavy atom. The van der Waals surface area contributed by atoms with E-state index in [0.717, 1.165) is 6.34 Å². The zero-order valence-corrected chi connectivity index (χ0v) is 5.86. The number of hydrogen-bond donors (Lipinski definition) is 2. The topological polar surface area (TPSA) is 49.9 Å². The average molecular weight is 183 g/mol. The van der Waals surface area contributed by atoms with E-state index in [1.807, 2.05) is 0 Å². The summed E-state index contributed by atoms with van der Waals surface area (Å²) in [4.78, 5) is 0. The van der Waals surface area contributed by atoms with Crippen LogP contribution in [0.1, 0.15) is 0 Å². The van der Waals surface area contributed by atoms with Crippen LogP contribution in [-0.4, -0.2) is 6.34 Å². The van der Waals surface area contributed by atoms with Crippen molar-refractivity contribution in [3.63, 3.8) is 0 Å². The second kappa shape index (κ2) is 9.39. The van der Waals surface area contributed by atoms with Gasteiger partial charge in [-0.3, -0.25) is 5.41 Å². The minimum Gasteiger partial charge on any atom is -0.390 e. The van der Waals surface area contributed by atoms with E-state index in [1.54, 1.807) is 0 Å². The first-order valence-electron chi connectivity index (χ1n) is 0.622. The van der Waals surface area contributed by atoms with E-state index in [2.05, 4.69) is 5.73 Å². The molecule has 2 nitrogen and oxygen atoms in total. The van der Waals surface area contributed by atoms with Crippen LogP contribution in [0.4, 0.5) is 0 Å². The molecule has 0 unspecified atom stereocenters. The third kappa shape index (κ3) is 16.7. The maximum atomic E-state index is 5.86. The molecule has 0 amide bonds. The van der Waals surface area contributed by atoms with E-state index in [4.69, 9.17) is 5.41 Å². The van der Waals surface area contributed by atoms with Crippen LogP contribution in [0.25, 0.3) is 0 Å². The van der Waals surface area contributed by atoms with Crippen molar-refractivity contribution in [1.29, 1.82) is 5.41 Å². The van der Waals surface area contributed by atoms with Gasteiger partial charge in [0.05, 0.1) is 6.34 Å². The fraction of sp³-hybridized carbons (Fsp3) is 0. The van der Waals surface area contributed by atoms with Crippen LogP contribution in [-0.2, 0) is 0 Å². The quantitative estimate of drug-likeness (QED) is 0.388. The van der Waals surface area contributed by atoms with Gasteiger partial charge in [-0.2, -0.15) is 0 Å². The molecule has 0 spiro atoms. The first-order chi connectivity index (χ1) is 1.41. The van der Waals surface area contributed by atoms with E-state index in [-0.39, 0.29) is 35.6 Å². The third-order valence-corrected chi connectivity index (χ3v) is 0. The van der Waals surface area contributed by atoms with Crippen molar-refractivity contribution in [2.24, 2.45) is 5.73 Å². The second-order valence-electron chi connectivity index (χ2n) is 0.167. The van der Waals surface area contributed by atoms with Gasteiger partial charge in [-0.25, -0.2) is 0 Å². The zero-order chi connectivity index (χ0) is 2.71. The molecule has 0 aromatic rings. The smallest absolute Gasteiger partial charge is 0.0765 e. The Balaban J connectivity index is 0. The monoisotopic (exact) mass is 183 g/mol. The molecule has 0 rings (SSSR count).